The number of anilines is 2. The SMILES string of the molecule is NNc1nc(NC2CCCCCCC2)c2ccccc2n1. The molecule has 0 atom stereocenters. The number of nitrogens with zero attached hydrogens (tertiary/aromatic N) is 2. The van der Waals surface area contributed by atoms with Crippen LogP contribution < -0.4 is 16.6 Å². The summed E-state index contributed by atoms with van der Waals surface area (Å²) in [6, 6.07) is 8.54. The summed E-state index contributed by atoms with van der Waals surface area (Å²) >= 11 is 0. The van der Waals surface area contributed by atoms with E-state index in [1.54, 1.807) is 0 Å². The Balaban J connectivity index is 1.87. The highest BCUT2D eigenvalue weighted by Gasteiger charge is 2.14. The van der Waals surface area contributed by atoms with Gasteiger partial charge in [0.2, 0.25) is 5.95 Å². The van der Waals surface area contributed by atoms with Crippen LogP contribution in [0.25, 0.3) is 10.9 Å². The maximum Gasteiger partial charge on any atom is 0.239 e. The lowest BCUT2D eigenvalue weighted by Gasteiger charge is -2.22. The second-order valence-corrected chi connectivity index (χ2v) is 5.74. The van der Waals surface area contributed by atoms with E-state index >= 15 is 0 Å². The molecule has 1 aromatic carbocycles. The Kier molecular flexibility index (Phi) is 4.50. The molecule has 0 unspecified atom stereocenters. The highest BCUT2D eigenvalue weighted by Crippen LogP contribution is 2.25. The summed E-state index contributed by atoms with van der Waals surface area (Å²) < 4.78 is 0. The summed E-state index contributed by atoms with van der Waals surface area (Å²) in [7, 11) is 0. The molecule has 2 aromatic rings. The average Bonchev–Trinajstić information content (AvgIpc) is 2.49. The molecule has 4 N–H and O–H groups in total. The smallest absolute Gasteiger partial charge is 0.239 e. The number of hydrazine groups is 1. The Morgan fingerprint density at radius 2 is 1.67 bits per heavy atom. The van der Waals surface area contributed by atoms with Crippen LogP contribution in [0.1, 0.15) is 44.9 Å². The minimum Gasteiger partial charge on any atom is -0.367 e. The molecular formula is C16H23N5. The van der Waals surface area contributed by atoms with Crippen molar-refractivity contribution in [3.05, 3.63) is 24.3 Å². The predicted molar refractivity (Wildman–Crippen MR) is 87.1 cm³/mol. The minimum atomic E-state index is 0.460. The molecule has 1 aliphatic rings. The van der Waals surface area contributed by atoms with Crippen molar-refractivity contribution in [2.45, 2.75) is 51.0 Å². The third-order valence-corrected chi connectivity index (χ3v) is 4.18. The maximum absolute atomic E-state index is 5.49. The molecule has 112 valence electrons. The van der Waals surface area contributed by atoms with E-state index in [0.717, 1.165) is 16.7 Å². The molecule has 1 aliphatic carbocycles. The Hall–Kier alpha value is -1.88. The number of rotatable bonds is 3. The van der Waals surface area contributed by atoms with Crippen LogP contribution in [0, 0.1) is 0 Å². The van der Waals surface area contributed by atoms with Crippen molar-refractivity contribution in [1.29, 1.82) is 0 Å². The number of aromatic nitrogens is 2. The largest absolute Gasteiger partial charge is 0.367 e. The lowest BCUT2D eigenvalue weighted by molar-refractivity contribution is 0.471. The number of hydrogen-bond acceptors (Lipinski definition) is 5. The summed E-state index contributed by atoms with van der Waals surface area (Å²) in [5.41, 5.74) is 3.47. The molecule has 0 aliphatic heterocycles. The van der Waals surface area contributed by atoms with Gasteiger partial charge in [-0.2, -0.15) is 4.98 Å². The molecule has 3 rings (SSSR count). The van der Waals surface area contributed by atoms with Gasteiger partial charge in [-0.15, -0.1) is 0 Å². The van der Waals surface area contributed by atoms with Crippen molar-refractivity contribution < 1.29 is 0 Å². The second-order valence-electron chi connectivity index (χ2n) is 5.74. The number of benzene rings is 1. The van der Waals surface area contributed by atoms with Crippen LogP contribution in [0.2, 0.25) is 0 Å². The summed E-state index contributed by atoms with van der Waals surface area (Å²) in [6.07, 6.45) is 9.08. The highest BCUT2D eigenvalue weighted by atomic mass is 15.3. The van der Waals surface area contributed by atoms with E-state index in [0.29, 0.717) is 12.0 Å². The monoisotopic (exact) mass is 285 g/mol. The first-order valence-electron chi connectivity index (χ1n) is 7.87. The van der Waals surface area contributed by atoms with Crippen LogP contribution in [-0.2, 0) is 0 Å². The molecule has 1 fully saturated rings. The Morgan fingerprint density at radius 1 is 0.952 bits per heavy atom. The van der Waals surface area contributed by atoms with Gasteiger partial charge in [0.05, 0.1) is 5.52 Å². The summed E-state index contributed by atoms with van der Waals surface area (Å²) in [6.45, 7) is 0. The lowest BCUT2D eigenvalue weighted by atomic mass is 9.96. The van der Waals surface area contributed by atoms with E-state index in [9.17, 15) is 0 Å². The van der Waals surface area contributed by atoms with Gasteiger partial charge < -0.3 is 5.32 Å². The number of fused-ring (bicyclic) bond motifs is 1. The molecule has 1 aromatic heterocycles. The van der Waals surface area contributed by atoms with Crippen LogP contribution in [0.3, 0.4) is 0 Å². The van der Waals surface area contributed by atoms with Crippen molar-refractivity contribution in [1.82, 2.24) is 9.97 Å². The van der Waals surface area contributed by atoms with Gasteiger partial charge in [0.1, 0.15) is 5.82 Å². The van der Waals surface area contributed by atoms with Gasteiger partial charge in [0, 0.05) is 11.4 Å². The normalized spacial score (nSPS) is 17.2. The maximum atomic E-state index is 5.49. The summed E-state index contributed by atoms with van der Waals surface area (Å²) in [5.74, 6) is 6.83. The van der Waals surface area contributed by atoms with Crippen molar-refractivity contribution >= 4 is 22.7 Å². The fourth-order valence-electron chi connectivity index (χ4n) is 3.05. The molecule has 1 heterocycles. The zero-order valence-corrected chi connectivity index (χ0v) is 12.3. The first-order valence-corrected chi connectivity index (χ1v) is 7.87. The zero-order valence-electron chi connectivity index (χ0n) is 12.3. The molecule has 0 bridgehead atoms. The lowest BCUT2D eigenvalue weighted by Crippen LogP contribution is -2.22. The molecule has 0 spiro atoms. The molecule has 21 heavy (non-hydrogen) atoms. The van der Waals surface area contributed by atoms with Gasteiger partial charge in [-0.1, -0.05) is 44.2 Å². The average molecular weight is 285 g/mol. The minimum absolute atomic E-state index is 0.460. The zero-order chi connectivity index (χ0) is 14.5. The summed E-state index contributed by atoms with van der Waals surface area (Å²) in [5, 5.41) is 4.67. The van der Waals surface area contributed by atoms with Gasteiger partial charge in [-0.05, 0) is 25.0 Å². The van der Waals surface area contributed by atoms with E-state index in [2.05, 4.69) is 26.8 Å². The molecule has 0 saturated heterocycles. The predicted octanol–water partition coefficient (Wildman–Crippen LogP) is 3.44. The van der Waals surface area contributed by atoms with E-state index in [4.69, 9.17) is 5.84 Å². The van der Waals surface area contributed by atoms with Gasteiger partial charge in [0.15, 0.2) is 0 Å². The van der Waals surface area contributed by atoms with E-state index in [-0.39, 0.29) is 0 Å². The number of para-hydroxylation sites is 1. The standard InChI is InChI=1S/C16H23N5/c17-21-16-19-14-11-7-6-10-13(14)15(20-16)18-12-8-4-2-1-3-5-9-12/h6-7,10-12H,1-5,8-9,17H2,(H2,18,19,20,21). The van der Waals surface area contributed by atoms with Gasteiger partial charge in [0.25, 0.3) is 0 Å². The van der Waals surface area contributed by atoms with Gasteiger partial charge in [-0.3, -0.25) is 5.43 Å². The van der Waals surface area contributed by atoms with Crippen LogP contribution in [-0.4, -0.2) is 16.0 Å². The Labute approximate surface area is 125 Å². The number of nitrogen functional groups attached to an aromatic ring is 1. The molecule has 5 heteroatoms. The first-order chi connectivity index (χ1) is 10.4. The van der Waals surface area contributed by atoms with Crippen molar-refractivity contribution in [2.75, 3.05) is 10.7 Å². The molecular weight excluding hydrogens is 262 g/mol. The number of nitrogens with two attached hydrogens (primary N) is 1. The molecule has 1 saturated carbocycles. The number of nitrogens with one attached hydrogen (secondary N) is 2. The molecule has 0 amide bonds. The number of hydrogen-bond donors (Lipinski definition) is 3. The Morgan fingerprint density at radius 3 is 2.43 bits per heavy atom. The summed E-state index contributed by atoms with van der Waals surface area (Å²) in [4.78, 5) is 8.90. The molecule has 0 radical (unpaired) electrons. The van der Waals surface area contributed by atoms with Crippen LogP contribution in [0.15, 0.2) is 24.3 Å². The van der Waals surface area contributed by atoms with Crippen LogP contribution in [0.4, 0.5) is 11.8 Å². The topological polar surface area (TPSA) is 75.9 Å². The van der Waals surface area contributed by atoms with Crippen molar-refractivity contribution in [3.63, 3.8) is 0 Å². The van der Waals surface area contributed by atoms with Crippen LogP contribution >= 0.6 is 0 Å². The highest BCUT2D eigenvalue weighted by molar-refractivity contribution is 5.90. The fraction of sp³-hybridized carbons (Fsp3) is 0.500. The quantitative estimate of drug-likeness (QED) is 0.595. The molecule has 5 nitrogen and oxygen atoms in total. The first kappa shape index (κ1) is 14.1. The van der Waals surface area contributed by atoms with E-state index in [1.165, 1.54) is 44.9 Å². The van der Waals surface area contributed by atoms with Crippen LogP contribution in [0.5, 0.6) is 0 Å². The third-order valence-electron chi connectivity index (χ3n) is 4.18. The third kappa shape index (κ3) is 3.42. The second kappa shape index (κ2) is 6.72. The van der Waals surface area contributed by atoms with Crippen molar-refractivity contribution in [3.8, 4) is 0 Å². The van der Waals surface area contributed by atoms with E-state index < -0.39 is 0 Å². The van der Waals surface area contributed by atoms with Gasteiger partial charge in [-0.25, -0.2) is 10.8 Å². The van der Waals surface area contributed by atoms with Gasteiger partial charge >= 0.3 is 0 Å². The fourth-order valence-corrected chi connectivity index (χ4v) is 3.05. The van der Waals surface area contributed by atoms with Crippen molar-refractivity contribution in [2.24, 2.45) is 5.84 Å². The Bertz CT molecular complexity index is 590. The van der Waals surface area contributed by atoms with E-state index in [1.807, 2.05) is 18.2 Å².